The average Bonchev–Trinajstić information content (AvgIpc) is 3.39. The number of fused-ring (bicyclic) bond motifs is 1. The Morgan fingerprint density at radius 3 is 2.49 bits per heavy atom. The van der Waals surface area contributed by atoms with E-state index in [-0.39, 0.29) is 48.2 Å². The first-order valence-corrected chi connectivity index (χ1v) is 17.0. The van der Waals surface area contributed by atoms with Gasteiger partial charge in [-0.05, 0) is 68.7 Å². The molecule has 2 aromatic heterocycles. The lowest BCUT2D eigenvalue weighted by molar-refractivity contribution is -0.131. The van der Waals surface area contributed by atoms with E-state index >= 15 is 0 Å². The van der Waals surface area contributed by atoms with E-state index in [2.05, 4.69) is 54.1 Å². The van der Waals surface area contributed by atoms with Crippen molar-refractivity contribution in [2.24, 2.45) is 34.2 Å². The zero-order chi connectivity index (χ0) is 35.2. The largest absolute Gasteiger partial charge is 0.463 e. The number of hydrogen-bond acceptors (Lipinski definition) is 11. The lowest BCUT2D eigenvalue weighted by atomic mass is 9.92. The van der Waals surface area contributed by atoms with Crippen molar-refractivity contribution in [3.05, 3.63) is 45.9 Å². The van der Waals surface area contributed by atoms with E-state index in [9.17, 15) is 14.4 Å². The molecule has 0 radical (unpaired) electrons. The zero-order valence-corrected chi connectivity index (χ0v) is 28.4. The average molecular weight is 682 g/mol. The standard InChI is InChI=1S/C33H51N11O5/c1-2-3-17-48-32-41-28(34)27-29(42-32)44(33(47)40-27)20-24-8-6-23(7-9-24)19-43-15-11-22(12-16-43)10-14-38-30(46)25(18-26(45)21-49-37)5-4-13-39-31(35)36/h6-9,22,25H,2-5,10-21,37H2,1H3,(H,38,46)(H,40,47)(H2,34,41,42)(H4,35,36,39)/t25-/m1/s1. The van der Waals surface area contributed by atoms with Crippen molar-refractivity contribution in [1.82, 2.24) is 29.7 Å². The van der Waals surface area contributed by atoms with Gasteiger partial charge < -0.3 is 32.2 Å². The van der Waals surface area contributed by atoms with Crippen LogP contribution in [0.2, 0.25) is 0 Å². The summed E-state index contributed by atoms with van der Waals surface area (Å²) in [4.78, 5) is 60.0. The van der Waals surface area contributed by atoms with E-state index < -0.39 is 5.92 Å². The Labute approximate surface area is 286 Å². The Morgan fingerprint density at radius 2 is 1.82 bits per heavy atom. The number of unbranched alkanes of at least 4 members (excludes halogenated alkanes) is 1. The van der Waals surface area contributed by atoms with Crippen LogP contribution in [0, 0.1) is 11.8 Å². The molecule has 16 heteroatoms. The third-order valence-corrected chi connectivity index (χ3v) is 8.78. The molecule has 268 valence electrons. The fraction of sp³-hybridized carbons (Fsp3) is 0.576. The second kappa shape index (κ2) is 18.9. The van der Waals surface area contributed by atoms with Crippen LogP contribution in [0.25, 0.3) is 11.2 Å². The fourth-order valence-electron chi connectivity index (χ4n) is 6.02. The molecular formula is C33H51N11O5. The number of nitrogen functional groups attached to an aromatic ring is 1. The molecule has 1 fully saturated rings. The number of aromatic amines is 1. The highest BCUT2D eigenvalue weighted by atomic mass is 16.6. The number of likely N-dealkylation sites (tertiary alicyclic amines) is 1. The number of imidazole rings is 1. The van der Waals surface area contributed by atoms with Gasteiger partial charge in [0.2, 0.25) is 5.91 Å². The van der Waals surface area contributed by atoms with Crippen molar-refractivity contribution in [1.29, 1.82) is 0 Å². The quantitative estimate of drug-likeness (QED) is 0.0426. The number of carbonyl (C=O) groups excluding carboxylic acids is 2. The van der Waals surface area contributed by atoms with Crippen molar-refractivity contribution in [3.8, 4) is 6.01 Å². The van der Waals surface area contributed by atoms with Crippen LogP contribution in [0.4, 0.5) is 5.82 Å². The summed E-state index contributed by atoms with van der Waals surface area (Å²) in [6.07, 6.45) is 5.94. The minimum Gasteiger partial charge on any atom is -0.463 e. The first-order valence-electron chi connectivity index (χ1n) is 17.0. The van der Waals surface area contributed by atoms with Gasteiger partial charge in [0.05, 0.1) is 13.2 Å². The van der Waals surface area contributed by atoms with Gasteiger partial charge in [-0.3, -0.25) is 28.9 Å². The number of piperidine rings is 1. The number of hydrogen-bond donors (Lipinski definition) is 6. The number of anilines is 1. The molecule has 0 spiro atoms. The molecule has 10 N–H and O–H groups in total. The molecule has 0 aliphatic carbocycles. The molecule has 1 aliphatic rings. The number of H-pyrrole nitrogens is 1. The summed E-state index contributed by atoms with van der Waals surface area (Å²) in [5, 5.41) is 3.02. The first-order chi connectivity index (χ1) is 23.7. The fourth-order valence-corrected chi connectivity index (χ4v) is 6.02. The minimum atomic E-state index is -0.482. The number of benzene rings is 1. The molecule has 0 unspecified atom stereocenters. The summed E-state index contributed by atoms with van der Waals surface area (Å²) in [5.74, 6) is 4.87. The van der Waals surface area contributed by atoms with Crippen molar-refractivity contribution in [2.45, 2.75) is 71.4 Å². The predicted octanol–water partition coefficient (Wildman–Crippen LogP) is 1.17. The van der Waals surface area contributed by atoms with Gasteiger partial charge in [-0.1, -0.05) is 37.6 Å². The maximum Gasteiger partial charge on any atom is 0.328 e. The third-order valence-electron chi connectivity index (χ3n) is 8.78. The van der Waals surface area contributed by atoms with Gasteiger partial charge in [0.15, 0.2) is 23.2 Å². The third kappa shape index (κ3) is 11.5. The molecule has 49 heavy (non-hydrogen) atoms. The summed E-state index contributed by atoms with van der Waals surface area (Å²) in [6, 6.07) is 8.42. The topological polar surface area (TPSA) is 248 Å². The van der Waals surface area contributed by atoms with Crippen LogP contribution >= 0.6 is 0 Å². The van der Waals surface area contributed by atoms with Crippen LogP contribution in [0.1, 0.15) is 69.4 Å². The molecule has 1 amide bonds. The van der Waals surface area contributed by atoms with Crippen molar-refractivity contribution in [2.75, 3.05) is 45.1 Å². The van der Waals surface area contributed by atoms with Crippen molar-refractivity contribution in [3.63, 3.8) is 0 Å². The molecule has 1 aromatic carbocycles. The van der Waals surface area contributed by atoms with Gasteiger partial charge in [-0.15, -0.1) is 0 Å². The van der Waals surface area contributed by atoms with E-state index in [1.165, 1.54) is 5.56 Å². The maximum atomic E-state index is 12.9. The van der Waals surface area contributed by atoms with Gasteiger partial charge in [0.1, 0.15) is 12.1 Å². The first kappa shape index (κ1) is 37.3. The van der Waals surface area contributed by atoms with Gasteiger partial charge >= 0.3 is 11.7 Å². The molecule has 0 bridgehead atoms. The summed E-state index contributed by atoms with van der Waals surface area (Å²) >= 11 is 0. The number of ether oxygens (including phenoxy) is 1. The lowest BCUT2D eigenvalue weighted by Crippen LogP contribution is -2.37. The number of nitrogens with zero attached hydrogens (tertiary/aromatic N) is 5. The van der Waals surface area contributed by atoms with E-state index in [1.807, 2.05) is 12.1 Å². The second-order valence-electron chi connectivity index (χ2n) is 12.6. The molecule has 1 aliphatic heterocycles. The number of nitrogens with one attached hydrogen (secondary N) is 2. The van der Waals surface area contributed by atoms with Gasteiger partial charge in [0, 0.05) is 32.0 Å². The van der Waals surface area contributed by atoms with Crippen LogP contribution in [0.5, 0.6) is 6.01 Å². The van der Waals surface area contributed by atoms with Crippen molar-refractivity contribution >= 4 is 34.6 Å². The molecule has 16 nitrogen and oxygen atoms in total. The minimum absolute atomic E-state index is 0.000412. The van der Waals surface area contributed by atoms with Gasteiger partial charge in [0.25, 0.3) is 0 Å². The van der Waals surface area contributed by atoms with Gasteiger partial charge in [-0.2, -0.15) is 9.97 Å². The Morgan fingerprint density at radius 1 is 1.10 bits per heavy atom. The molecule has 1 atom stereocenters. The smallest absolute Gasteiger partial charge is 0.328 e. The van der Waals surface area contributed by atoms with E-state index in [0.717, 1.165) is 57.3 Å². The second-order valence-corrected chi connectivity index (χ2v) is 12.6. The Balaban J connectivity index is 1.22. The summed E-state index contributed by atoms with van der Waals surface area (Å²) in [7, 11) is 0. The number of carbonyl (C=O) groups is 2. The number of guanidine groups is 1. The number of amides is 1. The number of aliphatic imine (C=N–C) groups is 1. The molecule has 1 saturated heterocycles. The molecule has 0 saturated carbocycles. The highest BCUT2D eigenvalue weighted by Gasteiger charge is 2.23. The monoisotopic (exact) mass is 681 g/mol. The number of ketones is 1. The Bertz CT molecular complexity index is 1590. The van der Waals surface area contributed by atoms with E-state index in [4.69, 9.17) is 27.8 Å². The van der Waals surface area contributed by atoms with E-state index in [1.54, 1.807) is 4.57 Å². The molecule has 3 aromatic rings. The number of nitrogens with two attached hydrogens (primary N) is 4. The number of Topliss-reactive ketones (excluding diaryl/α,β-unsaturated/α-hetero) is 1. The van der Waals surface area contributed by atoms with Crippen molar-refractivity contribution < 1.29 is 19.2 Å². The number of aromatic nitrogens is 4. The predicted molar refractivity (Wildman–Crippen MR) is 187 cm³/mol. The van der Waals surface area contributed by atoms with Crippen LogP contribution in [0.15, 0.2) is 34.1 Å². The summed E-state index contributed by atoms with van der Waals surface area (Å²) in [6.45, 7) is 6.38. The van der Waals surface area contributed by atoms with E-state index in [0.29, 0.717) is 56.2 Å². The summed E-state index contributed by atoms with van der Waals surface area (Å²) < 4.78 is 7.19. The maximum absolute atomic E-state index is 12.9. The van der Waals surface area contributed by atoms with Crippen LogP contribution in [0.3, 0.4) is 0 Å². The molecule has 4 rings (SSSR count). The molecular weight excluding hydrogens is 630 g/mol. The van der Waals surface area contributed by atoms with Crippen LogP contribution in [-0.4, -0.2) is 81.5 Å². The lowest BCUT2D eigenvalue weighted by Gasteiger charge is -2.32. The Kier molecular flexibility index (Phi) is 14.3. The zero-order valence-electron chi connectivity index (χ0n) is 28.4. The summed E-state index contributed by atoms with van der Waals surface area (Å²) in [5.41, 5.74) is 19.5. The van der Waals surface area contributed by atoms with Crippen LogP contribution < -0.4 is 38.8 Å². The van der Waals surface area contributed by atoms with Crippen LogP contribution in [-0.2, 0) is 27.5 Å². The highest BCUT2D eigenvalue weighted by Crippen LogP contribution is 2.23. The SMILES string of the molecule is CCCCOc1nc(N)c2[nH]c(=O)n(Cc3ccc(CN4CCC(CCNC(=O)[C@H](CCCN=C(N)N)CC(=O)CON)CC4)cc3)c2n1. The Hall–Kier alpha value is -4.54. The normalized spacial score (nSPS) is 14.5. The van der Waals surface area contributed by atoms with Gasteiger partial charge in [-0.25, -0.2) is 10.7 Å². The molecule has 3 heterocycles. The number of rotatable bonds is 20. The highest BCUT2D eigenvalue weighted by molar-refractivity contribution is 5.87.